The molecule has 0 aliphatic heterocycles. The van der Waals surface area contributed by atoms with Gasteiger partial charge in [-0.3, -0.25) is 4.98 Å². The quantitative estimate of drug-likeness (QED) is 0.183. The maximum atomic E-state index is 5.11. The molecular weight excluding hydrogens is 558 g/mol. The van der Waals surface area contributed by atoms with Crippen LogP contribution >= 0.6 is 0 Å². The first-order chi connectivity index (χ1) is 22.8. The summed E-state index contributed by atoms with van der Waals surface area (Å²) in [6.45, 7) is 0. The summed E-state index contributed by atoms with van der Waals surface area (Å²) in [4.78, 5) is 14.5. The molecule has 1 aliphatic rings. The van der Waals surface area contributed by atoms with E-state index in [1.807, 2.05) is 42.6 Å². The standard InChI is InChI=1S/C43H25N3/c1-2-10-30(11-3-1)34-14-6-16-36(26-34)41-28-42(37-17-7-15-35(27-37)38-18-9-25-44-29-38)46-43(45-41)33-23-21-32(22-24-33)40-20-8-13-31-12-4-5-19-39(31)40/h1-2,4-5,7-10,12-13,15-29H. The van der Waals surface area contributed by atoms with Crippen molar-refractivity contribution in [3.05, 3.63) is 181 Å². The van der Waals surface area contributed by atoms with Gasteiger partial charge in [0.05, 0.1) is 11.4 Å². The van der Waals surface area contributed by atoms with Crippen LogP contribution in [0.1, 0.15) is 5.56 Å². The largest absolute Gasteiger partial charge is 0.264 e. The van der Waals surface area contributed by atoms with Crippen molar-refractivity contribution >= 4 is 16.3 Å². The molecule has 46 heavy (non-hydrogen) atoms. The second kappa shape index (κ2) is 11.9. The fraction of sp³-hybridized carbons (Fsp3) is 0. The van der Waals surface area contributed by atoms with Gasteiger partial charge in [0.2, 0.25) is 0 Å². The van der Waals surface area contributed by atoms with E-state index in [2.05, 4.69) is 132 Å². The van der Waals surface area contributed by atoms with Crippen molar-refractivity contribution in [2.75, 3.05) is 0 Å². The van der Waals surface area contributed by atoms with Gasteiger partial charge >= 0.3 is 0 Å². The lowest BCUT2D eigenvalue weighted by Crippen LogP contribution is -1.96. The van der Waals surface area contributed by atoms with Crippen LogP contribution in [0.15, 0.2) is 163 Å². The van der Waals surface area contributed by atoms with E-state index in [9.17, 15) is 0 Å². The van der Waals surface area contributed by atoms with Crippen LogP contribution in [0.3, 0.4) is 0 Å². The maximum Gasteiger partial charge on any atom is 0.160 e. The molecule has 0 saturated carbocycles. The minimum absolute atomic E-state index is 0.651. The van der Waals surface area contributed by atoms with Crippen LogP contribution in [0, 0.1) is 12.1 Å². The summed E-state index contributed by atoms with van der Waals surface area (Å²) in [6, 6.07) is 48.3. The number of hydrogen-bond donors (Lipinski definition) is 0. The summed E-state index contributed by atoms with van der Waals surface area (Å²) < 4.78 is 0. The molecule has 8 rings (SSSR count). The average Bonchev–Trinajstić information content (AvgIpc) is 3.15. The van der Waals surface area contributed by atoms with E-state index >= 15 is 0 Å². The van der Waals surface area contributed by atoms with E-state index in [0.29, 0.717) is 5.82 Å². The molecule has 3 heteroatoms. The van der Waals surface area contributed by atoms with E-state index in [-0.39, 0.29) is 0 Å². The fourth-order valence-corrected chi connectivity index (χ4v) is 5.77. The molecule has 0 radical (unpaired) electrons. The Bertz CT molecular complexity index is 2370. The Balaban J connectivity index is 1.25. The van der Waals surface area contributed by atoms with Gasteiger partial charge in [0, 0.05) is 45.8 Å². The molecule has 1 aliphatic carbocycles. The van der Waals surface area contributed by atoms with Gasteiger partial charge in [0.1, 0.15) is 0 Å². The van der Waals surface area contributed by atoms with E-state index in [0.717, 1.165) is 55.9 Å². The molecule has 0 bridgehead atoms. The van der Waals surface area contributed by atoms with Crippen molar-refractivity contribution < 1.29 is 0 Å². The Morgan fingerprint density at radius 3 is 2.22 bits per heavy atom. The number of aromatic nitrogens is 3. The number of hydrogen-bond acceptors (Lipinski definition) is 3. The van der Waals surface area contributed by atoms with Crippen molar-refractivity contribution in [3.63, 3.8) is 0 Å². The van der Waals surface area contributed by atoms with Crippen molar-refractivity contribution in [2.45, 2.75) is 0 Å². The summed E-state index contributed by atoms with van der Waals surface area (Å²) in [7, 11) is 0. The van der Waals surface area contributed by atoms with Gasteiger partial charge in [-0.15, -0.1) is 0 Å². The maximum absolute atomic E-state index is 5.11. The fourth-order valence-electron chi connectivity index (χ4n) is 5.77. The highest BCUT2D eigenvalue weighted by Crippen LogP contribution is 2.33. The van der Waals surface area contributed by atoms with Crippen LogP contribution in [-0.4, -0.2) is 15.0 Å². The molecule has 212 valence electrons. The molecule has 2 heterocycles. The lowest BCUT2D eigenvalue weighted by atomic mass is 9.97. The van der Waals surface area contributed by atoms with E-state index in [1.165, 1.54) is 16.3 Å². The number of allylic oxidation sites excluding steroid dienone is 4. The zero-order valence-electron chi connectivity index (χ0n) is 24.8. The third kappa shape index (κ3) is 5.35. The number of nitrogens with zero attached hydrogens (tertiary/aromatic N) is 3. The summed E-state index contributed by atoms with van der Waals surface area (Å²) in [5, 5.41) is 2.45. The molecule has 0 spiro atoms. The summed E-state index contributed by atoms with van der Waals surface area (Å²) >= 11 is 0. The van der Waals surface area contributed by atoms with Gasteiger partial charge in [-0.2, -0.15) is 0 Å². The number of fused-ring (bicyclic) bond motifs is 1. The first kappa shape index (κ1) is 27.0. The molecule has 0 unspecified atom stereocenters. The molecule has 0 fully saturated rings. The molecule has 0 atom stereocenters. The van der Waals surface area contributed by atoms with Gasteiger partial charge in [-0.25, -0.2) is 9.97 Å². The lowest BCUT2D eigenvalue weighted by Gasteiger charge is -2.12. The van der Waals surface area contributed by atoms with E-state index < -0.39 is 0 Å². The van der Waals surface area contributed by atoms with Crippen molar-refractivity contribution in [2.24, 2.45) is 0 Å². The third-order valence-electron chi connectivity index (χ3n) is 8.09. The third-order valence-corrected chi connectivity index (χ3v) is 8.09. The molecule has 0 saturated heterocycles. The van der Waals surface area contributed by atoms with Gasteiger partial charge in [-0.1, -0.05) is 121 Å². The van der Waals surface area contributed by atoms with Crippen molar-refractivity contribution in [1.82, 2.24) is 15.0 Å². The van der Waals surface area contributed by atoms with Crippen LogP contribution in [0.4, 0.5) is 0 Å². The molecule has 5 aromatic carbocycles. The van der Waals surface area contributed by atoms with Crippen molar-refractivity contribution in [3.8, 4) is 56.2 Å². The van der Waals surface area contributed by atoms with E-state index in [4.69, 9.17) is 9.97 Å². The normalized spacial score (nSPS) is 11.8. The van der Waals surface area contributed by atoms with Gasteiger partial charge < -0.3 is 0 Å². The second-order valence-corrected chi connectivity index (χ2v) is 11.0. The molecule has 0 amide bonds. The number of rotatable bonds is 6. The zero-order valence-corrected chi connectivity index (χ0v) is 24.8. The predicted octanol–water partition coefficient (Wildman–Crippen LogP) is 10.2. The Hall–Kier alpha value is -6.55. The SMILES string of the molecule is C1=C=C(c2c#ccc(-c3cc(-c4cccc(-c5cccnc5)c4)nc(-c4ccc(-c5cccc6ccccc56)cc4)n3)c2)C=CC=1. The number of pyridine rings is 1. The Morgan fingerprint density at radius 1 is 0.587 bits per heavy atom. The minimum atomic E-state index is 0.651. The molecule has 0 N–H and O–H groups in total. The highest BCUT2D eigenvalue weighted by Gasteiger charge is 2.13. The summed E-state index contributed by atoms with van der Waals surface area (Å²) in [5.74, 6) is 0.651. The van der Waals surface area contributed by atoms with Crippen LogP contribution < -0.4 is 0 Å². The van der Waals surface area contributed by atoms with Gasteiger partial charge in [0.15, 0.2) is 5.82 Å². The van der Waals surface area contributed by atoms with Gasteiger partial charge in [-0.05, 0) is 69.9 Å². The minimum Gasteiger partial charge on any atom is -0.264 e. The number of benzene rings is 4. The molecular formula is C43H25N3. The van der Waals surface area contributed by atoms with Gasteiger partial charge in [0.25, 0.3) is 0 Å². The van der Waals surface area contributed by atoms with Crippen LogP contribution in [0.25, 0.3) is 72.5 Å². The highest BCUT2D eigenvalue weighted by molar-refractivity contribution is 5.96. The van der Waals surface area contributed by atoms with E-state index in [1.54, 1.807) is 6.20 Å². The summed E-state index contributed by atoms with van der Waals surface area (Å²) in [6.07, 6.45) is 9.45. The Morgan fingerprint density at radius 2 is 1.37 bits per heavy atom. The average molecular weight is 584 g/mol. The summed E-state index contributed by atoms with van der Waals surface area (Å²) in [5.41, 5.74) is 17.0. The molecule has 3 nitrogen and oxygen atoms in total. The Labute approximate surface area is 267 Å². The van der Waals surface area contributed by atoms with Crippen LogP contribution in [-0.2, 0) is 0 Å². The van der Waals surface area contributed by atoms with Crippen molar-refractivity contribution in [1.29, 1.82) is 0 Å². The zero-order chi connectivity index (χ0) is 30.7. The van der Waals surface area contributed by atoms with Crippen LogP contribution in [0.2, 0.25) is 0 Å². The topological polar surface area (TPSA) is 38.7 Å². The molecule has 7 aromatic rings. The molecule has 2 aromatic heterocycles. The second-order valence-electron chi connectivity index (χ2n) is 11.0. The lowest BCUT2D eigenvalue weighted by molar-refractivity contribution is 1.18. The monoisotopic (exact) mass is 583 g/mol. The van der Waals surface area contributed by atoms with Crippen LogP contribution in [0.5, 0.6) is 0 Å². The first-order valence-corrected chi connectivity index (χ1v) is 15.1. The highest BCUT2D eigenvalue weighted by atomic mass is 14.9. The Kier molecular flexibility index (Phi) is 6.97. The first-order valence-electron chi connectivity index (χ1n) is 15.1. The smallest absolute Gasteiger partial charge is 0.160 e. The predicted molar refractivity (Wildman–Crippen MR) is 186 cm³/mol.